The van der Waals surface area contributed by atoms with Crippen molar-refractivity contribution in [2.24, 2.45) is 4.99 Å². The van der Waals surface area contributed by atoms with Crippen LogP contribution in [0.25, 0.3) is 77.6 Å². The SMILES string of the molecule is C1=C(c2ccc(-c3ccc(-n4c(-c5ccccc5)nc5c6cnccc6c6ccccc6c54)cc3)cc2)N=C(c2ccccc2)NC1c1ccc(-c2ccccc2)cc1. The third-order valence-electron chi connectivity index (χ3n) is 11.4. The van der Waals surface area contributed by atoms with E-state index < -0.39 is 0 Å². The second-order valence-corrected chi connectivity index (χ2v) is 14.9. The van der Waals surface area contributed by atoms with Gasteiger partial charge < -0.3 is 5.32 Å². The quantitative estimate of drug-likeness (QED) is 0.165. The minimum Gasteiger partial charge on any atom is -0.359 e. The molecule has 0 saturated carbocycles. The highest BCUT2D eigenvalue weighted by atomic mass is 15.1. The Labute approximate surface area is 342 Å². The fourth-order valence-electron chi connectivity index (χ4n) is 8.40. The van der Waals surface area contributed by atoms with E-state index in [0.29, 0.717) is 0 Å². The normalized spacial score (nSPS) is 13.9. The van der Waals surface area contributed by atoms with Crippen molar-refractivity contribution in [2.45, 2.75) is 6.04 Å². The predicted molar refractivity (Wildman–Crippen MR) is 243 cm³/mol. The molecule has 3 heterocycles. The van der Waals surface area contributed by atoms with Gasteiger partial charge in [-0.3, -0.25) is 9.55 Å². The molecule has 59 heavy (non-hydrogen) atoms. The van der Waals surface area contributed by atoms with E-state index in [9.17, 15) is 0 Å². The van der Waals surface area contributed by atoms with E-state index in [-0.39, 0.29) is 6.04 Å². The van der Waals surface area contributed by atoms with Gasteiger partial charge in [0, 0.05) is 40.0 Å². The topological polar surface area (TPSA) is 55.1 Å². The van der Waals surface area contributed by atoms with E-state index in [1.165, 1.54) is 22.1 Å². The summed E-state index contributed by atoms with van der Waals surface area (Å²) in [7, 11) is 0. The second kappa shape index (κ2) is 14.6. The summed E-state index contributed by atoms with van der Waals surface area (Å²) in [4.78, 5) is 15.0. The molecule has 0 spiro atoms. The fraction of sp³-hybridized carbons (Fsp3) is 0.0185. The van der Waals surface area contributed by atoms with Gasteiger partial charge in [0.25, 0.3) is 0 Å². The number of rotatable bonds is 7. The van der Waals surface area contributed by atoms with Gasteiger partial charge in [0.05, 0.1) is 22.8 Å². The number of nitrogens with zero attached hydrogens (tertiary/aromatic N) is 4. The summed E-state index contributed by atoms with van der Waals surface area (Å²) in [5.74, 6) is 1.76. The maximum atomic E-state index is 5.34. The van der Waals surface area contributed by atoms with Crippen LogP contribution in [0.3, 0.4) is 0 Å². The number of fused-ring (bicyclic) bond motifs is 6. The van der Waals surface area contributed by atoms with Crippen LogP contribution in [0.15, 0.2) is 218 Å². The third-order valence-corrected chi connectivity index (χ3v) is 11.4. The first-order valence-corrected chi connectivity index (χ1v) is 20.0. The molecular formula is C54H37N5. The first-order valence-electron chi connectivity index (χ1n) is 20.0. The van der Waals surface area contributed by atoms with Crippen molar-refractivity contribution < 1.29 is 0 Å². The minimum absolute atomic E-state index is 0.0406. The van der Waals surface area contributed by atoms with E-state index in [4.69, 9.17) is 9.98 Å². The Bertz CT molecular complexity index is 3190. The number of benzene rings is 8. The molecule has 11 rings (SSSR count). The molecule has 278 valence electrons. The molecule has 2 aromatic heterocycles. The molecule has 5 heteroatoms. The molecule has 1 aliphatic heterocycles. The van der Waals surface area contributed by atoms with Gasteiger partial charge >= 0.3 is 0 Å². The van der Waals surface area contributed by atoms with Gasteiger partial charge in [-0.05, 0) is 68.4 Å². The van der Waals surface area contributed by atoms with E-state index in [1.54, 1.807) is 0 Å². The van der Waals surface area contributed by atoms with Crippen LogP contribution in [0, 0.1) is 0 Å². The Balaban J connectivity index is 0.953. The molecule has 0 fully saturated rings. The average Bonchev–Trinajstić information content (AvgIpc) is 3.74. The molecule has 0 saturated heterocycles. The molecule has 0 bridgehead atoms. The highest BCUT2D eigenvalue weighted by Crippen LogP contribution is 2.39. The zero-order valence-electron chi connectivity index (χ0n) is 32.1. The first-order chi connectivity index (χ1) is 29.2. The molecule has 1 unspecified atom stereocenters. The summed E-state index contributed by atoms with van der Waals surface area (Å²) >= 11 is 0. The molecular weight excluding hydrogens is 719 g/mol. The summed E-state index contributed by atoms with van der Waals surface area (Å²) in [6.07, 6.45) is 6.04. The van der Waals surface area contributed by atoms with Crippen molar-refractivity contribution in [1.82, 2.24) is 19.9 Å². The maximum Gasteiger partial charge on any atom is 0.145 e. The molecule has 10 aromatic rings. The van der Waals surface area contributed by atoms with Crippen LogP contribution in [0.5, 0.6) is 0 Å². The lowest BCUT2D eigenvalue weighted by molar-refractivity contribution is 0.781. The lowest BCUT2D eigenvalue weighted by Gasteiger charge is -2.24. The number of hydrogen-bond acceptors (Lipinski definition) is 4. The summed E-state index contributed by atoms with van der Waals surface area (Å²) in [5.41, 5.74) is 13.0. The highest BCUT2D eigenvalue weighted by Gasteiger charge is 2.22. The lowest BCUT2D eigenvalue weighted by Crippen LogP contribution is -2.31. The fourth-order valence-corrected chi connectivity index (χ4v) is 8.40. The van der Waals surface area contributed by atoms with Gasteiger partial charge in [0.15, 0.2) is 0 Å². The molecule has 0 radical (unpaired) electrons. The zero-order valence-corrected chi connectivity index (χ0v) is 32.1. The number of hydrogen-bond donors (Lipinski definition) is 1. The number of amidine groups is 1. The van der Waals surface area contributed by atoms with Crippen LogP contribution in [0.1, 0.15) is 22.7 Å². The summed E-state index contributed by atoms with van der Waals surface area (Å²) < 4.78 is 2.31. The van der Waals surface area contributed by atoms with Crippen molar-refractivity contribution in [1.29, 1.82) is 0 Å². The van der Waals surface area contributed by atoms with Gasteiger partial charge in [-0.25, -0.2) is 9.98 Å². The number of imidazole rings is 1. The molecule has 0 amide bonds. The Morgan fingerprint density at radius 3 is 1.64 bits per heavy atom. The largest absolute Gasteiger partial charge is 0.359 e. The van der Waals surface area contributed by atoms with Crippen molar-refractivity contribution in [3.8, 4) is 39.3 Å². The zero-order chi connectivity index (χ0) is 39.1. The van der Waals surface area contributed by atoms with Gasteiger partial charge in [-0.15, -0.1) is 0 Å². The average molecular weight is 756 g/mol. The van der Waals surface area contributed by atoms with Gasteiger partial charge in [-0.1, -0.05) is 176 Å². The Morgan fingerprint density at radius 1 is 0.441 bits per heavy atom. The monoisotopic (exact) mass is 755 g/mol. The summed E-state index contributed by atoms with van der Waals surface area (Å²) in [6, 6.07) is 68.4. The minimum atomic E-state index is -0.0406. The number of nitrogens with one attached hydrogen (secondary N) is 1. The van der Waals surface area contributed by atoms with E-state index >= 15 is 0 Å². The molecule has 0 aliphatic carbocycles. The molecule has 5 nitrogen and oxygen atoms in total. The molecule has 1 N–H and O–H groups in total. The van der Waals surface area contributed by atoms with Crippen molar-refractivity contribution in [3.05, 3.63) is 229 Å². The lowest BCUT2D eigenvalue weighted by atomic mass is 9.97. The number of pyridine rings is 1. The maximum absolute atomic E-state index is 5.34. The molecule has 1 aliphatic rings. The Kier molecular flexibility index (Phi) is 8.48. The van der Waals surface area contributed by atoms with Crippen molar-refractivity contribution in [3.63, 3.8) is 0 Å². The van der Waals surface area contributed by atoms with Crippen LogP contribution in [0.2, 0.25) is 0 Å². The second-order valence-electron chi connectivity index (χ2n) is 14.9. The first kappa shape index (κ1) is 34.4. The van der Waals surface area contributed by atoms with Crippen LogP contribution in [-0.4, -0.2) is 20.4 Å². The third kappa shape index (κ3) is 6.26. The van der Waals surface area contributed by atoms with Crippen LogP contribution < -0.4 is 5.32 Å². The number of aliphatic imine (C=N–C) groups is 1. The van der Waals surface area contributed by atoms with Gasteiger partial charge in [0.1, 0.15) is 11.7 Å². The Morgan fingerprint density at radius 2 is 0.966 bits per heavy atom. The van der Waals surface area contributed by atoms with E-state index in [0.717, 1.165) is 78.1 Å². The van der Waals surface area contributed by atoms with Gasteiger partial charge in [0.2, 0.25) is 0 Å². The summed E-state index contributed by atoms with van der Waals surface area (Å²) in [6.45, 7) is 0. The molecule has 1 atom stereocenters. The molecule has 8 aromatic carbocycles. The van der Waals surface area contributed by atoms with Crippen LogP contribution >= 0.6 is 0 Å². The van der Waals surface area contributed by atoms with Crippen molar-refractivity contribution in [2.75, 3.05) is 0 Å². The van der Waals surface area contributed by atoms with Crippen LogP contribution in [-0.2, 0) is 0 Å². The van der Waals surface area contributed by atoms with E-state index in [2.05, 4.69) is 203 Å². The predicted octanol–water partition coefficient (Wildman–Crippen LogP) is 12.9. The standard InChI is InChI=1S/C54H37N5/c1-4-12-36(13-5-1)37-20-24-40(25-21-37)49-34-50(57-53(56-49)42-14-6-2-7-15-42)41-26-22-38(23-27-41)39-28-30-44(31-29-39)59-52-47-19-11-10-18-45(47)46-32-33-55-35-48(46)51(52)58-54(59)43-16-8-3-9-17-43/h1-35,49H,(H,56,57). The van der Waals surface area contributed by atoms with Crippen LogP contribution in [0.4, 0.5) is 0 Å². The number of aromatic nitrogens is 3. The Hall–Kier alpha value is -7.89. The van der Waals surface area contributed by atoms with Crippen molar-refractivity contribution >= 4 is 44.1 Å². The summed E-state index contributed by atoms with van der Waals surface area (Å²) in [5, 5.41) is 8.25. The van der Waals surface area contributed by atoms with Gasteiger partial charge in [-0.2, -0.15) is 0 Å². The smallest absolute Gasteiger partial charge is 0.145 e. The van der Waals surface area contributed by atoms with E-state index in [1.807, 2.05) is 24.5 Å². The highest BCUT2D eigenvalue weighted by molar-refractivity contribution is 6.24.